The molecule has 2 rings (SSSR count). The molecule has 1 aromatic heterocycles. The van der Waals surface area contributed by atoms with Crippen LogP contribution in [0.3, 0.4) is 0 Å². The summed E-state index contributed by atoms with van der Waals surface area (Å²) in [6.45, 7) is 0. The van der Waals surface area contributed by atoms with Crippen molar-refractivity contribution in [3.05, 3.63) is 41.2 Å². The third-order valence-corrected chi connectivity index (χ3v) is 4.04. The highest BCUT2D eigenvalue weighted by atomic mass is 35.5. The number of carboxylic acid groups (broad SMARTS) is 1. The SMILES string of the molecule is CS(=O)(=O)c1cc(C(=O)O)c(Cl)cc1-c1ccnnc1. The lowest BCUT2D eigenvalue weighted by Crippen LogP contribution is -2.05. The van der Waals surface area contributed by atoms with Gasteiger partial charge in [0.05, 0.1) is 27.9 Å². The number of carboxylic acids is 1. The van der Waals surface area contributed by atoms with Crippen LogP contribution in [0.15, 0.2) is 35.5 Å². The number of halogens is 1. The summed E-state index contributed by atoms with van der Waals surface area (Å²) >= 11 is 5.88. The van der Waals surface area contributed by atoms with Gasteiger partial charge in [0.2, 0.25) is 0 Å². The van der Waals surface area contributed by atoms with E-state index in [0.717, 1.165) is 12.3 Å². The van der Waals surface area contributed by atoms with Gasteiger partial charge < -0.3 is 5.11 Å². The average molecular weight is 313 g/mol. The quantitative estimate of drug-likeness (QED) is 0.929. The van der Waals surface area contributed by atoms with Gasteiger partial charge in [-0.3, -0.25) is 0 Å². The molecular weight excluding hydrogens is 304 g/mol. The van der Waals surface area contributed by atoms with Gasteiger partial charge >= 0.3 is 5.97 Å². The molecule has 0 saturated carbocycles. The minimum atomic E-state index is -3.62. The number of sulfone groups is 1. The zero-order valence-corrected chi connectivity index (χ0v) is 11.8. The Morgan fingerprint density at radius 1 is 1.30 bits per heavy atom. The molecule has 20 heavy (non-hydrogen) atoms. The molecule has 0 atom stereocenters. The van der Waals surface area contributed by atoms with Crippen LogP contribution in [0.1, 0.15) is 10.4 Å². The fraction of sp³-hybridized carbons (Fsp3) is 0.0833. The van der Waals surface area contributed by atoms with Crippen molar-refractivity contribution in [3.63, 3.8) is 0 Å². The van der Waals surface area contributed by atoms with Crippen LogP contribution in [0.25, 0.3) is 11.1 Å². The Hall–Kier alpha value is -1.99. The number of aromatic carboxylic acids is 1. The van der Waals surface area contributed by atoms with Gasteiger partial charge in [0, 0.05) is 17.4 Å². The van der Waals surface area contributed by atoms with E-state index >= 15 is 0 Å². The van der Waals surface area contributed by atoms with Crippen molar-refractivity contribution in [2.24, 2.45) is 0 Å². The predicted molar refractivity (Wildman–Crippen MR) is 72.5 cm³/mol. The topological polar surface area (TPSA) is 97.2 Å². The Kier molecular flexibility index (Phi) is 3.74. The molecule has 0 aliphatic carbocycles. The molecule has 0 aliphatic rings. The van der Waals surface area contributed by atoms with E-state index in [1.807, 2.05) is 0 Å². The Balaban J connectivity index is 2.81. The number of rotatable bonds is 3. The molecule has 0 bridgehead atoms. The molecule has 0 spiro atoms. The largest absolute Gasteiger partial charge is 0.478 e. The van der Waals surface area contributed by atoms with Crippen molar-refractivity contribution >= 4 is 27.4 Å². The van der Waals surface area contributed by atoms with Crippen LogP contribution in [0.2, 0.25) is 5.02 Å². The predicted octanol–water partition coefficient (Wildman–Crippen LogP) is 1.90. The zero-order valence-electron chi connectivity index (χ0n) is 10.2. The maximum Gasteiger partial charge on any atom is 0.337 e. The van der Waals surface area contributed by atoms with E-state index in [0.29, 0.717) is 5.56 Å². The second kappa shape index (κ2) is 5.18. The van der Waals surface area contributed by atoms with Crippen LogP contribution in [0, 0.1) is 0 Å². The number of benzene rings is 1. The van der Waals surface area contributed by atoms with Crippen molar-refractivity contribution in [3.8, 4) is 11.1 Å². The van der Waals surface area contributed by atoms with Crippen molar-refractivity contribution in [2.45, 2.75) is 4.90 Å². The molecule has 0 unspecified atom stereocenters. The molecule has 8 heteroatoms. The molecule has 2 aromatic rings. The monoisotopic (exact) mass is 312 g/mol. The third-order valence-electron chi connectivity index (χ3n) is 2.59. The molecule has 0 saturated heterocycles. The highest BCUT2D eigenvalue weighted by molar-refractivity contribution is 7.90. The van der Waals surface area contributed by atoms with Gasteiger partial charge in [-0.15, -0.1) is 0 Å². The Labute approximate surface area is 120 Å². The van der Waals surface area contributed by atoms with E-state index in [4.69, 9.17) is 16.7 Å². The first-order chi connectivity index (χ1) is 9.30. The summed E-state index contributed by atoms with van der Waals surface area (Å²) in [5.74, 6) is -1.29. The van der Waals surface area contributed by atoms with E-state index in [1.165, 1.54) is 18.5 Å². The summed E-state index contributed by atoms with van der Waals surface area (Å²) in [6.07, 6.45) is 3.78. The molecule has 0 amide bonds. The summed E-state index contributed by atoms with van der Waals surface area (Å²) < 4.78 is 23.7. The lowest BCUT2D eigenvalue weighted by atomic mass is 10.1. The van der Waals surface area contributed by atoms with Crippen molar-refractivity contribution in [1.29, 1.82) is 0 Å². The smallest absolute Gasteiger partial charge is 0.337 e. The molecule has 104 valence electrons. The Bertz CT molecular complexity index is 776. The number of carbonyl (C=O) groups is 1. The van der Waals surface area contributed by atoms with Gasteiger partial charge in [0.15, 0.2) is 9.84 Å². The van der Waals surface area contributed by atoms with Crippen molar-refractivity contribution in [1.82, 2.24) is 10.2 Å². The van der Waals surface area contributed by atoms with Gasteiger partial charge in [-0.25, -0.2) is 13.2 Å². The second-order valence-corrected chi connectivity index (χ2v) is 6.43. The van der Waals surface area contributed by atoms with Crippen LogP contribution < -0.4 is 0 Å². The molecule has 0 aliphatic heterocycles. The van der Waals surface area contributed by atoms with E-state index in [2.05, 4.69) is 10.2 Å². The number of nitrogens with zero attached hydrogens (tertiary/aromatic N) is 2. The van der Waals surface area contributed by atoms with Gasteiger partial charge in [0.1, 0.15) is 0 Å². The zero-order chi connectivity index (χ0) is 14.9. The van der Waals surface area contributed by atoms with E-state index in [9.17, 15) is 13.2 Å². The van der Waals surface area contributed by atoms with E-state index in [-0.39, 0.29) is 21.0 Å². The molecule has 1 aromatic carbocycles. The molecular formula is C12H9ClN2O4S. The third kappa shape index (κ3) is 2.78. The summed E-state index contributed by atoms with van der Waals surface area (Å²) in [6, 6.07) is 3.92. The first-order valence-corrected chi connectivity index (χ1v) is 7.61. The van der Waals surface area contributed by atoms with E-state index in [1.54, 1.807) is 6.07 Å². The standard InChI is InChI=1S/C12H9ClN2O4S/c1-20(18,19)11-5-9(12(16)17)10(13)4-8(11)7-2-3-14-15-6-7/h2-6H,1H3,(H,16,17). The fourth-order valence-electron chi connectivity index (χ4n) is 1.70. The lowest BCUT2D eigenvalue weighted by molar-refractivity contribution is 0.0697. The first-order valence-electron chi connectivity index (χ1n) is 5.34. The van der Waals surface area contributed by atoms with Crippen LogP contribution in [-0.4, -0.2) is 35.9 Å². The van der Waals surface area contributed by atoms with Crippen molar-refractivity contribution < 1.29 is 18.3 Å². The Morgan fingerprint density at radius 2 is 2.00 bits per heavy atom. The molecule has 1 heterocycles. The highest BCUT2D eigenvalue weighted by Gasteiger charge is 2.20. The van der Waals surface area contributed by atoms with Crippen molar-refractivity contribution in [2.75, 3.05) is 6.26 Å². The maximum atomic E-state index is 11.8. The lowest BCUT2D eigenvalue weighted by Gasteiger charge is -2.10. The molecule has 1 N–H and O–H groups in total. The summed E-state index contributed by atoms with van der Waals surface area (Å²) in [4.78, 5) is 10.9. The molecule has 0 fully saturated rings. The van der Waals surface area contributed by atoms with E-state index < -0.39 is 15.8 Å². The van der Waals surface area contributed by atoms with Gasteiger partial charge in [-0.1, -0.05) is 11.6 Å². The molecule has 6 nitrogen and oxygen atoms in total. The first kappa shape index (κ1) is 14.4. The van der Waals surface area contributed by atoms with Crippen LogP contribution >= 0.6 is 11.6 Å². The van der Waals surface area contributed by atoms with Crippen LogP contribution in [0.4, 0.5) is 0 Å². The highest BCUT2D eigenvalue weighted by Crippen LogP contribution is 2.32. The fourth-order valence-corrected chi connectivity index (χ4v) is 2.85. The molecule has 0 radical (unpaired) electrons. The minimum absolute atomic E-state index is 0.0447. The van der Waals surface area contributed by atoms with Gasteiger partial charge in [-0.05, 0) is 18.2 Å². The summed E-state index contributed by atoms with van der Waals surface area (Å²) in [5.41, 5.74) is 0.509. The number of aromatic nitrogens is 2. The number of hydrogen-bond donors (Lipinski definition) is 1. The Morgan fingerprint density at radius 3 is 2.50 bits per heavy atom. The average Bonchev–Trinajstić information content (AvgIpc) is 2.37. The normalized spacial score (nSPS) is 11.3. The van der Waals surface area contributed by atoms with Crippen LogP contribution in [0.5, 0.6) is 0 Å². The number of hydrogen-bond acceptors (Lipinski definition) is 5. The summed E-state index contributed by atoms with van der Waals surface area (Å²) in [7, 11) is -3.62. The second-order valence-electron chi connectivity index (χ2n) is 4.04. The summed E-state index contributed by atoms with van der Waals surface area (Å²) in [5, 5.41) is 16.2. The van der Waals surface area contributed by atoms with Gasteiger partial charge in [-0.2, -0.15) is 10.2 Å². The maximum absolute atomic E-state index is 11.8. The van der Waals surface area contributed by atoms with Gasteiger partial charge in [0.25, 0.3) is 0 Å². The van der Waals surface area contributed by atoms with Crippen LogP contribution in [-0.2, 0) is 9.84 Å². The minimum Gasteiger partial charge on any atom is -0.478 e.